The standard InChI is InChI=1S/C22H29N5O7/c23-22(34)15(25-17(29)7-4-14-27-20(32)10-11-21(27)33)5-1-2-12-24-16(28)6-3-13-26-18(30)8-9-19(26)31/h8-11,15H,1-7,12-14H2,(H2,23,34)(H,24,28)(H,25,29)/t15-/m0/s1. The monoisotopic (exact) mass is 475 g/mol. The molecule has 0 bridgehead atoms. The van der Waals surface area contributed by atoms with Crippen molar-refractivity contribution >= 4 is 41.4 Å². The summed E-state index contributed by atoms with van der Waals surface area (Å²) in [7, 11) is 0. The third kappa shape index (κ3) is 8.26. The Labute approximate surface area is 196 Å². The molecule has 0 spiro atoms. The topological polar surface area (TPSA) is 176 Å². The summed E-state index contributed by atoms with van der Waals surface area (Å²) in [5, 5.41) is 5.28. The Kier molecular flexibility index (Phi) is 10.1. The first-order chi connectivity index (χ1) is 16.2. The molecule has 0 unspecified atom stereocenters. The van der Waals surface area contributed by atoms with Crippen LogP contribution in [-0.4, -0.2) is 76.8 Å². The Bertz CT molecular complexity index is 875. The van der Waals surface area contributed by atoms with E-state index >= 15 is 0 Å². The van der Waals surface area contributed by atoms with Crippen molar-refractivity contribution in [2.75, 3.05) is 19.6 Å². The van der Waals surface area contributed by atoms with Gasteiger partial charge in [0.2, 0.25) is 17.7 Å². The van der Waals surface area contributed by atoms with Crippen LogP contribution in [0.4, 0.5) is 0 Å². The van der Waals surface area contributed by atoms with Crippen molar-refractivity contribution in [1.82, 2.24) is 20.4 Å². The number of nitrogens with one attached hydrogen (secondary N) is 2. The summed E-state index contributed by atoms with van der Waals surface area (Å²) in [4.78, 5) is 83.5. The summed E-state index contributed by atoms with van der Waals surface area (Å²) in [6.45, 7) is 0.660. The third-order valence-electron chi connectivity index (χ3n) is 5.29. The Balaban J connectivity index is 1.55. The molecule has 2 aliphatic rings. The van der Waals surface area contributed by atoms with Crippen LogP contribution in [0.25, 0.3) is 0 Å². The van der Waals surface area contributed by atoms with Gasteiger partial charge in [-0.2, -0.15) is 0 Å². The van der Waals surface area contributed by atoms with Crippen molar-refractivity contribution in [3.8, 4) is 0 Å². The molecule has 12 heteroatoms. The molecule has 0 fully saturated rings. The number of rotatable bonds is 15. The molecule has 34 heavy (non-hydrogen) atoms. The first-order valence-electron chi connectivity index (χ1n) is 11.1. The summed E-state index contributed by atoms with van der Waals surface area (Å²) in [6, 6.07) is -0.857. The van der Waals surface area contributed by atoms with E-state index < -0.39 is 29.7 Å². The molecule has 2 heterocycles. The zero-order valence-electron chi connectivity index (χ0n) is 18.8. The van der Waals surface area contributed by atoms with Crippen LogP contribution in [0.15, 0.2) is 24.3 Å². The number of imide groups is 2. The lowest BCUT2D eigenvalue weighted by Crippen LogP contribution is -2.44. The quantitative estimate of drug-likeness (QED) is 0.194. The molecule has 0 saturated heterocycles. The van der Waals surface area contributed by atoms with Gasteiger partial charge in [-0.1, -0.05) is 0 Å². The minimum atomic E-state index is -0.857. The van der Waals surface area contributed by atoms with Crippen molar-refractivity contribution < 1.29 is 33.6 Å². The second kappa shape index (κ2) is 13.0. The molecular weight excluding hydrogens is 446 g/mol. The zero-order valence-corrected chi connectivity index (χ0v) is 18.8. The van der Waals surface area contributed by atoms with E-state index in [-0.39, 0.29) is 50.1 Å². The van der Waals surface area contributed by atoms with Gasteiger partial charge in [0.1, 0.15) is 6.04 Å². The molecule has 0 aromatic carbocycles. The third-order valence-corrected chi connectivity index (χ3v) is 5.29. The Morgan fingerprint density at radius 2 is 1.21 bits per heavy atom. The maximum absolute atomic E-state index is 12.1. The lowest BCUT2D eigenvalue weighted by atomic mass is 10.1. The number of amides is 7. The SMILES string of the molecule is NC(=O)[C@H](CCCCNC(=O)CCCN1C(=O)C=CC1=O)NC(=O)CCCN1C(=O)C=CC1=O. The summed E-state index contributed by atoms with van der Waals surface area (Å²) in [5.41, 5.74) is 5.35. The average molecular weight is 476 g/mol. The van der Waals surface area contributed by atoms with Gasteiger partial charge >= 0.3 is 0 Å². The summed E-state index contributed by atoms with van der Waals surface area (Å²) in [6.07, 6.45) is 6.94. The van der Waals surface area contributed by atoms with Gasteiger partial charge < -0.3 is 16.4 Å². The lowest BCUT2D eigenvalue weighted by Gasteiger charge is -2.17. The van der Waals surface area contributed by atoms with E-state index in [2.05, 4.69) is 10.6 Å². The van der Waals surface area contributed by atoms with Gasteiger partial charge in [0.25, 0.3) is 23.6 Å². The Morgan fingerprint density at radius 1 is 0.735 bits per heavy atom. The van der Waals surface area contributed by atoms with Crippen LogP contribution in [-0.2, 0) is 33.6 Å². The first kappa shape index (κ1) is 26.4. The minimum absolute atomic E-state index is 0.0293. The predicted molar refractivity (Wildman–Crippen MR) is 118 cm³/mol. The van der Waals surface area contributed by atoms with Crippen molar-refractivity contribution in [3.05, 3.63) is 24.3 Å². The van der Waals surface area contributed by atoms with E-state index in [9.17, 15) is 33.6 Å². The van der Waals surface area contributed by atoms with Crippen LogP contribution in [0.5, 0.6) is 0 Å². The van der Waals surface area contributed by atoms with Gasteiger partial charge in [0, 0.05) is 56.8 Å². The van der Waals surface area contributed by atoms with E-state index in [0.717, 1.165) is 9.80 Å². The van der Waals surface area contributed by atoms with Crippen molar-refractivity contribution in [3.63, 3.8) is 0 Å². The number of nitrogens with two attached hydrogens (primary N) is 1. The van der Waals surface area contributed by atoms with Crippen LogP contribution >= 0.6 is 0 Å². The van der Waals surface area contributed by atoms with Crippen LogP contribution in [0.2, 0.25) is 0 Å². The predicted octanol–water partition coefficient (Wildman–Crippen LogP) is -1.35. The van der Waals surface area contributed by atoms with Gasteiger partial charge in [-0.25, -0.2) is 0 Å². The highest BCUT2D eigenvalue weighted by molar-refractivity contribution is 6.13. The second-order valence-electron chi connectivity index (χ2n) is 7.90. The molecule has 0 radical (unpaired) electrons. The molecule has 4 N–H and O–H groups in total. The van der Waals surface area contributed by atoms with Crippen molar-refractivity contribution in [1.29, 1.82) is 0 Å². The molecule has 0 aromatic heterocycles. The average Bonchev–Trinajstić information content (AvgIpc) is 3.28. The molecule has 12 nitrogen and oxygen atoms in total. The normalized spacial score (nSPS) is 15.9. The molecule has 1 atom stereocenters. The fraction of sp³-hybridized carbons (Fsp3) is 0.500. The number of primary amides is 1. The van der Waals surface area contributed by atoms with E-state index in [4.69, 9.17) is 5.73 Å². The lowest BCUT2D eigenvalue weighted by molar-refractivity contribution is -0.138. The number of carbonyl (C=O) groups is 7. The number of unbranched alkanes of at least 4 members (excludes halogenated alkanes) is 1. The van der Waals surface area contributed by atoms with Gasteiger partial charge in [0.15, 0.2) is 0 Å². The largest absolute Gasteiger partial charge is 0.368 e. The summed E-state index contributed by atoms with van der Waals surface area (Å²) in [5.74, 6) is -2.88. The van der Waals surface area contributed by atoms with E-state index in [1.165, 1.54) is 24.3 Å². The molecule has 7 amide bonds. The van der Waals surface area contributed by atoms with Crippen LogP contribution in [0.3, 0.4) is 0 Å². The highest BCUT2D eigenvalue weighted by atomic mass is 16.2. The second-order valence-corrected chi connectivity index (χ2v) is 7.90. The number of nitrogens with zero attached hydrogens (tertiary/aromatic N) is 2. The molecule has 2 aliphatic heterocycles. The maximum atomic E-state index is 12.1. The molecule has 0 aliphatic carbocycles. The Morgan fingerprint density at radius 3 is 1.68 bits per heavy atom. The highest BCUT2D eigenvalue weighted by Gasteiger charge is 2.24. The van der Waals surface area contributed by atoms with E-state index in [0.29, 0.717) is 32.2 Å². The fourth-order valence-corrected chi connectivity index (χ4v) is 3.44. The molecule has 2 rings (SSSR count). The van der Waals surface area contributed by atoms with Gasteiger partial charge in [0.05, 0.1) is 0 Å². The van der Waals surface area contributed by atoms with E-state index in [1.54, 1.807) is 0 Å². The smallest absolute Gasteiger partial charge is 0.253 e. The van der Waals surface area contributed by atoms with Gasteiger partial charge in [-0.15, -0.1) is 0 Å². The van der Waals surface area contributed by atoms with Crippen molar-refractivity contribution in [2.24, 2.45) is 5.73 Å². The summed E-state index contributed by atoms with van der Waals surface area (Å²) >= 11 is 0. The molecule has 0 aromatic rings. The van der Waals surface area contributed by atoms with Crippen LogP contribution < -0.4 is 16.4 Å². The van der Waals surface area contributed by atoms with Crippen molar-refractivity contribution in [2.45, 2.75) is 51.0 Å². The molecule has 184 valence electrons. The number of hydrogen-bond acceptors (Lipinski definition) is 7. The maximum Gasteiger partial charge on any atom is 0.253 e. The van der Waals surface area contributed by atoms with Gasteiger partial charge in [-0.05, 0) is 32.1 Å². The van der Waals surface area contributed by atoms with E-state index in [1.807, 2.05) is 0 Å². The fourth-order valence-electron chi connectivity index (χ4n) is 3.44. The zero-order chi connectivity index (χ0) is 25.1. The number of carbonyl (C=O) groups excluding carboxylic acids is 7. The van der Waals surface area contributed by atoms with Crippen LogP contribution in [0.1, 0.15) is 44.9 Å². The summed E-state index contributed by atoms with van der Waals surface area (Å²) < 4.78 is 0. The first-order valence-corrected chi connectivity index (χ1v) is 11.1. The Hall–Kier alpha value is -3.83. The molecule has 0 saturated carbocycles. The highest BCUT2D eigenvalue weighted by Crippen LogP contribution is 2.07. The van der Waals surface area contributed by atoms with Gasteiger partial charge in [-0.3, -0.25) is 43.4 Å². The minimum Gasteiger partial charge on any atom is -0.368 e. The molecular formula is C22H29N5O7. The number of hydrogen-bond donors (Lipinski definition) is 3. The van der Waals surface area contributed by atoms with Crippen LogP contribution in [0, 0.1) is 0 Å².